The zero-order chi connectivity index (χ0) is 15.6. The Labute approximate surface area is 118 Å². The summed E-state index contributed by atoms with van der Waals surface area (Å²) in [7, 11) is 0. The van der Waals surface area contributed by atoms with Crippen LogP contribution in [0.1, 0.15) is 45.2 Å². The molecule has 0 amide bonds. The molecule has 0 saturated carbocycles. The lowest BCUT2D eigenvalue weighted by molar-refractivity contribution is -0.137. The second-order valence-electron chi connectivity index (χ2n) is 6.38. The summed E-state index contributed by atoms with van der Waals surface area (Å²) < 4.78 is 37.3. The van der Waals surface area contributed by atoms with E-state index in [0.29, 0.717) is 12.0 Å². The molecule has 1 rings (SSSR count). The van der Waals surface area contributed by atoms with Gasteiger partial charge in [0.2, 0.25) is 0 Å². The number of carbonyl (C=O) groups is 1. The maximum absolute atomic E-state index is 12.4. The number of rotatable bonds is 4. The predicted octanol–water partition coefficient (Wildman–Crippen LogP) is 4.89. The number of ketones is 1. The van der Waals surface area contributed by atoms with Gasteiger partial charge >= 0.3 is 6.18 Å². The third-order valence-corrected chi connectivity index (χ3v) is 3.69. The van der Waals surface area contributed by atoms with Crippen molar-refractivity contribution in [3.05, 3.63) is 35.4 Å². The summed E-state index contributed by atoms with van der Waals surface area (Å²) >= 11 is 0. The van der Waals surface area contributed by atoms with Crippen LogP contribution in [0.25, 0.3) is 0 Å². The summed E-state index contributed by atoms with van der Waals surface area (Å²) in [6.07, 6.45) is -3.69. The van der Waals surface area contributed by atoms with Crippen LogP contribution in [0.15, 0.2) is 24.3 Å². The van der Waals surface area contributed by atoms with Gasteiger partial charge in [0.1, 0.15) is 5.78 Å². The van der Waals surface area contributed by atoms with Crippen molar-refractivity contribution >= 4 is 5.78 Å². The van der Waals surface area contributed by atoms with Crippen LogP contribution in [-0.4, -0.2) is 5.78 Å². The van der Waals surface area contributed by atoms with Gasteiger partial charge in [0.05, 0.1) is 5.56 Å². The highest BCUT2D eigenvalue weighted by molar-refractivity contribution is 5.81. The minimum atomic E-state index is -4.33. The smallest absolute Gasteiger partial charge is 0.299 e. The first-order chi connectivity index (χ1) is 9.00. The van der Waals surface area contributed by atoms with Crippen LogP contribution < -0.4 is 0 Å². The molecule has 0 saturated heterocycles. The minimum Gasteiger partial charge on any atom is -0.299 e. The topological polar surface area (TPSA) is 17.1 Å². The third kappa shape index (κ3) is 4.99. The molecular formula is C16H21F3O. The van der Waals surface area contributed by atoms with E-state index in [1.165, 1.54) is 12.1 Å². The number of halogens is 3. The molecule has 1 aromatic carbocycles. The van der Waals surface area contributed by atoms with Gasteiger partial charge in [0.25, 0.3) is 0 Å². The van der Waals surface area contributed by atoms with Gasteiger partial charge in [-0.05, 0) is 29.0 Å². The Hall–Kier alpha value is -1.32. The first kappa shape index (κ1) is 16.7. The quantitative estimate of drug-likeness (QED) is 0.770. The van der Waals surface area contributed by atoms with Crippen LogP contribution in [0.2, 0.25) is 0 Å². The van der Waals surface area contributed by atoms with Crippen molar-refractivity contribution in [3.8, 4) is 0 Å². The molecule has 0 aliphatic heterocycles. The highest BCUT2D eigenvalue weighted by Crippen LogP contribution is 2.30. The van der Waals surface area contributed by atoms with E-state index in [9.17, 15) is 18.0 Å². The molecule has 0 radical (unpaired) electrons. The molecule has 0 fully saturated rings. The molecule has 0 heterocycles. The largest absolute Gasteiger partial charge is 0.416 e. The maximum atomic E-state index is 12.4. The third-order valence-electron chi connectivity index (χ3n) is 3.69. The SMILES string of the molecule is CC(CC(=O)Cc1ccc(C(F)(F)F)cc1)C(C)(C)C. The summed E-state index contributed by atoms with van der Waals surface area (Å²) in [5, 5.41) is 0. The van der Waals surface area contributed by atoms with Crippen molar-refractivity contribution in [1.82, 2.24) is 0 Å². The molecule has 1 atom stereocenters. The number of hydrogen-bond donors (Lipinski definition) is 0. The second kappa shape index (κ2) is 5.98. The van der Waals surface area contributed by atoms with Gasteiger partial charge in [0.15, 0.2) is 0 Å². The van der Waals surface area contributed by atoms with Crippen LogP contribution >= 0.6 is 0 Å². The zero-order valence-electron chi connectivity index (χ0n) is 12.3. The van der Waals surface area contributed by atoms with Crippen molar-refractivity contribution in [2.24, 2.45) is 11.3 Å². The van der Waals surface area contributed by atoms with E-state index in [2.05, 4.69) is 20.8 Å². The van der Waals surface area contributed by atoms with Crippen molar-refractivity contribution < 1.29 is 18.0 Å². The van der Waals surface area contributed by atoms with E-state index in [4.69, 9.17) is 0 Å². The van der Waals surface area contributed by atoms with E-state index >= 15 is 0 Å². The maximum Gasteiger partial charge on any atom is 0.416 e. The van der Waals surface area contributed by atoms with Crippen molar-refractivity contribution in [3.63, 3.8) is 0 Å². The van der Waals surface area contributed by atoms with Crippen LogP contribution in [0.3, 0.4) is 0 Å². The second-order valence-corrected chi connectivity index (χ2v) is 6.38. The molecule has 0 aliphatic rings. The molecule has 4 heteroatoms. The first-order valence-electron chi connectivity index (χ1n) is 6.68. The van der Waals surface area contributed by atoms with Crippen molar-refractivity contribution in [2.45, 2.75) is 46.7 Å². The summed E-state index contributed by atoms with van der Waals surface area (Å²) in [4.78, 5) is 11.9. The van der Waals surface area contributed by atoms with E-state index in [1.807, 2.05) is 6.92 Å². The Morgan fingerprint density at radius 1 is 1.10 bits per heavy atom. The lowest BCUT2D eigenvalue weighted by Crippen LogP contribution is -2.21. The van der Waals surface area contributed by atoms with E-state index in [1.54, 1.807) is 0 Å². The fraction of sp³-hybridized carbons (Fsp3) is 0.562. The van der Waals surface area contributed by atoms with Gasteiger partial charge in [-0.3, -0.25) is 4.79 Å². The van der Waals surface area contributed by atoms with Gasteiger partial charge in [-0.2, -0.15) is 13.2 Å². The lowest BCUT2D eigenvalue weighted by Gasteiger charge is -2.26. The van der Waals surface area contributed by atoms with E-state index < -0.39 is 11.7 Å². The minimum absolute atomic E-state index is 0.0514. The molecule has 1 nitrogen and oxygen atoms in total. The Morgan fingerprint density at radius 3 is 2.00 bits per heavy atom. The normalized spacial score (nSPS) is 14.2. The molecular weight excluding hydrogens is 265 g/mol. The van der Waals surface area contributed by atoms with Gasteiger partial charge in [-0.1, -0.05) is 39.8 Å². The zero-order valence-corrected chi connectivity index (χ0v) is 12.3. The van der Waals surface area contributed by atoms with Crippen LogP contribution in [0.4, 0.5) is 13.2 Å². The van der Waals surface area contributed by atoms with Gasteiger partial charge in [-0.15, -0.1) is 0 Å². The number of Topliss-reactive ketones (excluding diaryl/α,β-unsaturated/α-hetero) is 1. The number of benzene rings is 1. The van der Waals surface area contributed by atoms with Crippen LogP contribution in [-0.2, 0) is 17.4 Å². The molecule has 0 aliphatic carbocycles. The molecule has 0 aromatic heterocycles. The van der Waals surface area contributed by atoms with Gasteiger partial charge in [-0.25, -0.2) is 0 Å². The fourth-order valence-electron chi connectivity index (χ4n) is 1.76. The highest BCUT2D eigenvalue weighted by atomic mass is 19.4. The summed E-state index contributed by atoms with van der Waals surface area (Å²) in [5.41, 5.74) is -0.00336. The standard InChI is InChI=1S/C16H21F3O/c1-11(15(2,3)4)9-14(20)10-12-5-7-13(8-6-12)16(17,18)19/h5-8,11H,9-10H2,1-4H3. The van der Waals surface area contributed by atoms with Gasteiger partial charge < -0.3 is 0 Å². The molecule has 20 heavy (non-hydrogen) atoms. The average molecular weight is 286 g/mol. The average Bonchev–Trinajstić information content (AvgIpc) is 2.26. The lowest BCUT2D eigenvalue weighted by atomic mass is 9.79. The molecule has 0 bridgehead atoms. The van der Waals surface area contributed by atoms with Crippen molar-refractivity contribution in [1.29, 1.82) is 0 Å². The molecule has 1 unspecified atom stereocenters. The molecule has 112 valence electrons. The first-order valence-corrected chi connectivity index (χ1v) is 6.68. The molecule has 1 aromatic rings. The monoisotopic (exact) mass is 286 g/mol. The Kier molecular flexibility index (Phi) is 5.00. The predicted molar refractivity (Wildman–Crippen MR) is 73.4 cm³/mol. The van der Waals surface area contributed by atoms with Crippen LogP contribution in [0.5, 0.6) is 0 Å². The highest BCUT2D eigenvalue weighted by Gasteiger charge is 2.30. The van der Waals surface area contributed by atoms with Gasteiger partial charge in [0, 0.05) is 12.8 Å². The van der Waals surface area contributed by atoms with E-state index in [-0.39, 0.29) is 23.5 Å². The Balaban J connectivity index is 2.64. The summed E-state index contributed by atoms with van der Waals surface area (Å²) in [5.74, 6) is 0.302. The Bertz CT molecular complexity index is 452. The Morgan fingerprint density at radius 2 is 1.60 bits per heavy atom. The molecule has 0 N–H and O–H groups in total. The van der Waals surface area contributed by atoms with Crippen LogP contribution in [0, 0.1) is 11.3 Å². The summed E-state index contributed by atoms with van der Waals surface area (Å²) in [6, 6.07) is 4.80. The van der Waals surface area contributed by atoms with Crippen molar-refractivity contribution in [2.75, 3.05) is 0 Å². The van der Waals surface area contributed by atoms with E-state index in [0.717, 1.165) is 12.1 Å². The number of alkyl halides is 3. The number of carbonyl (C=O) groups excluding carboxylic acids is 1. The summed E-state index contributed by atoms with van der Waals surface area (Å²) in [6.45, 7) is 8.24. The molecule has 0 spiro atoms. The fourth-order valence-corrected chi connectivity index (χ4v) is 1.76. The number of hydrogen-bond acceptors (Lipinski definition) is 1.